The summed E-state index contributed by atoms with van der Waals surface area (Å²) in [6.45, 7) is 8.42. The van der Waals surface area contributed by atoms with Crippen LogP contribution >= 0.6 is 0 Å². The molecule has 2 rings (SSSR count). The highest BCUT2D eigenvalue weighted by Gasteiger charge is 2.24. The van der Waals surface area contributed by atoms with Gasteiger partial charge in [0.25, 0.3) is 0 Å². The molecule has 1 aliphatic rings. The van der Waals surface area contributed by atoms with Gasteiger partial charge >= 0.3 is 0 Å². The van der Waals surface area contributed by atoms with Gasteiger partial charge in [-0.05, 0) is 46.3 Å². The lowest BCUT2D eigenvalue weighted by atomic mass is 10.2. The molecule has 0 saturated heterocycles. The monoisotopic (exact) mass is 363 g/mol. The van der Waals surface area contributed by atoms with E-state index in [1.165, 1.54) is 12.8 Å². The van der Waals surface area contributed by atoms with E-state index in [0.29, 0.717) is 13.1 Å². The maximum Gasteiger partial charge on any atom is 0.228 e. The lowest BCUT2D eigenvalue weighted by molar-refractivity contribution is -0.125. The van der Waals surface area contributed by atoms with E-state index in [2.05, 4.69) is 29.3 Å². The van der Waals surface area contributed by atoms with Crippen LogP contribution in [0.1, 0.15) is 51.1 Å². The van der Waals surface area contributed by atoms with Gasteiger partial charge < -0.3 is 10.2 Å². The highest BCUT2D eigenvalue weighted by molar-refractivity contribution is 5.95. The summed E-state index contributed by atoms with van der Waals surface area (Å²) in [5.41, 5.74) is 0.918. The quantitative estimate of drug-likeness (QED) is 0.645. The van der Waals surface area contributed by atoms with Gasteiger partial charge in [-0.15, -0.1) is 0 Å². The zero-order valence-electron chi connectivity index (χ0n) is 16.5. The molecule has 0 fully saturated rings. The Balaban J connectivity index is 1.66. The summed E-state index contributed by atoms with van der Waals surface area (Å²) >= 11 is 0. The molecule has 2 heterocycles. The summed E-state index contributed by atoms with van der Waals surface area (Å²) in [6.07, 6.45) is 4.73. The predicted octanol–water partition coefficient (Wildman–Crippen LogP) is 1.95. The molecule has 0 radical (unpaired) electrons. The number of rotatable bonds is 10. The maximum absolute atomic E-state index is 12.5. The fourth-order valence-electron chi connectivity index (χ4n) is 3.22. The van der Waals surface area contributed by atoms with Gasteiger partial charge in [-0.3, -0.25) is 14.5 Å². The number of aryl methyl sites for hydroxylation is 2. The second-order valence-electron chi connectivity index (χ2n) is 7.13. The Morgan fingerprint density at radius 2 is 2.00 bits per heavy atom. The molecule has 1 aliphatic heterocycles. The largest absolute Gasteiger partial charge is 0.356 e. The van der Waals surface area contributed by atoms with Crippen molar-refractivity contribution >= 4 is 17.6 Å². The minimum absolute atomic E-state index is 0.000277. The molecular formula is C19H33N5O2. The van der Waals surface area contributed by atoms with Gasteiger partial charge in [0, 0.05) is 38.5 Å². The molecule has 1 aromatic heterocycles. The number of unbranched alkanes of at least 4 members (excludes halogenated alkanes) is 1. The van der Waals surface area contributed by atoms with Crippen LogP contribution in [0.2, 0.25) is 0 Å². The van der Waals surface area contributed by atoms with Crippen LogP contribution in [0.15, 0.2) is 6.07 Å². The van der Waals surface area contributed by atoms with Crippen molar-refractivity contribution in [3.63, 3.8) is 0 Å². The van der Waals surface area contributed by atoms with E-state index in [4.69, 9.17) is 0 Å². The van der Waals surface area contributed by atoms with Gasteiger partial charge in [0.1, 0.15) is 5.82 Å². The predicted molar refractivity (Wildman–Crippen MR) is 103 cm³/mol. The third kappa shape index (κ3) is 6.12. The van der Waals surface area contributed by atoms with Crippen molar-refractivity contribution in [3.05, 3.63) is 11.8 Å². The lowest BCUT2D eigenvalue weighted by Gasteiger charge is -2.27. The average molecular weight is 364 g/mol. The van der Waals surface area contributed by atoms with Crippen molar-refractivity contribution in [1.82, 2.24) is 20.0 Å². The number of carbonyl (C=O) groups is 2. The van der Waals surface area contributed by atoms with E-state index in [-0.39, 0.29) is 24.7 Å². The van der Waals surface area contributed by atoms with Crippen LogP contribution in [0.4, 0.5) is 5.82 Å². The van der Waals surface area contributed by atoms with Crippen molar-refractivity contribution in [3.8, 4) is 0 Å². The summed E-state index contributed by atoms with van der Waals surface area (Å²) in [7, 11) is 2.11. The van der Waals surface area contributed by atoms with Crippen LogP contribution in [0.5, 0.6) is 0 Å². The zero-order valence-corrected chi connectivity index (χ0v) is 16.5. The Bertz CT molecular complexity index is 599. The van der Waals surface area contributed by atoms with Gasteiger partial charge in [0.05, 0.1) is 5.69 Å². The first kappa shape index (κ1) is 20.4. The first-order valence-electron chi connectivity index (χ1n) is 9.81. The van der Waals surface area contributed by atoms with E-state index in [0.717, 1.165) is 44.0 Å². The molecular weight excluding hydrogens is 330 g/mol. The third-order valence-electron chi connectivity index (χ3n) is 4.71. The lowest BCUT2D eigenvalue weighted by Crippen LogP contribution is -2.38. The topological polar surface area (TPSA) is 70.5 Å². The SMILES string of the molecule is CCCCN(C)CCCNC(=O)CCC(=O)N1CCCn2nc(C)cc21. The molecule has 0 bridgehead atoms. The molecule has 26 heavy (non-hydrogen) atoms. The first-order chi connectivity index (χ1) is 12.5. The molecule has 7 heteroatoms. The van der Waals surface area contributed by atoms with Crippen molar-refractivity contribution in [2.75, 3.05) is 38.1 Å². The number of amides is 2. The van der Waals surface area contributed by atoms with E-state index in [1.54, 1.807) is 4.90 Å². The Morgan fingerprint density at radius 1 is 1.23 bits per heavy atom. The van der Waals surface area contributed by atoms with Crippen LogP contribution in [0.25, 0.3) is 0 Å². The summed E-state index contributed by atoms with van der Waals surface area (Å²) in [6, 6.07) is 1.94. The molecule has 1 N–H and O–H groups in total. The van der Waals surface area contributed by atoms with E-state index >= 15 is 0 Å². The molecule has 1 aromatic rings. The first-order valence-corrected chi connectivity index (χ1v) is 9.81. The van der Waals surface area contributed by atoms with Crippen LogP contribution in [0.3, 0.4) is 0 Å². The van der Waals surface area contributed by atoms with Gasteiger partial charge in [-0.1, -0.05) is 13.3 Å². The smallest absolute Gasteiger partial charge is 0.228 e. The Hall–Kier alpha value is -1.89. The Labute approximate surface area is 156 Å². The molecule has 0 unspecified atom stereocenters. The number of anilines is 1. The number of aromatic nitrogens is 2. The Kier molecular flexibility index (Phi) is 8.09. The maximum atomic E-state index is 12.5. The number of nitrogens with one attached hydrogen (secondary N) is 1. The second kappa shape index (κ2) is 10.3. The zero-order chi connectivity index (χ0) is 18.9. The van der Waals surface area contributed by atoms with Gasteiger partial charge in [-0.25, -0.2) is 4.68 Å². The normalized spacial score (nSPS) is 13.8. The van der Waals surface area contributed by atoms with Crippen LogP contribution in [0, 0.1) is 6.92 Å². The van der Waals surface area contributed by atoms with Gasteiger partial charge in [0.15, 0.2) is 0 Å². The van der Waals surface area contributed by atoms with Crippen LogP contribution in [-0.4, -0.2) is 59.7 Å². The van der Waals surface area contributed by atoms with Crippen molar-refractivity contribution in [1.29, 1.82) is 0 Å². The van der Waals surface area contributed by atoms with Gasteiger partial charge in [0.2, 0.25) is 11.8 Å². The van der Waals surface area contributed by atoms with E-state index in [1.807, 2.05) is 17.7 Å². The van der Waals surface area contributed by atoms with Gasteiger partial charge in [-0.2, -0.15) is 5.10 Å². The molecule has 0 saturated carbocycles. The molecule has 0 spiro atoms. The fraction of sp³-hybridized carbons (Fsp3) is 0.737. The standard InChI is InChI=1S/C19H33N5O2/c1-4-5-11-22(3)12-6-10-20-17(25)8-9-19(26)23-13-7-14-24-18(23)15-16(2)21-24/h15H,4-14H2,1-3H3,(H,20,25). The summed E-state index contributed by atoms with van der Waals surface area (Å²) < 4.78 is 1.88. The number of nitrogens with zero attached hydrogens (tertiary/aromatic N) is 4. The molecule has 7 nitrogen and oxygen atoms in total. The van der Waals surface area contributed by atoms with Crippen molar-refractivity contribution in [2.24, 2.45) is 0 Å². The van der Waals surface area contributed by atoms with Crippen LogP contribution < -0.4 is 10.2 Å². The highest BCUT2D eigenvalue weighted by atomic mass is 16.2. The average Bonchev–Trinajstić information content (AvgIpc) is 3.01. The van der Waals surface area contributed by atoms with E-state index in [9.17, 15) is 9.59 Å². The molecule has 0 aliphatic carbocycles. The molecule has 0 atom stereocenters. The minimum atomic E-state index is -0.0451. The number of fused-ring (bicyclic) bond motifs is 1. The molecule has 146 valence electrons. The summed E-state index contributed by atoms with van der Waals surface area (Å²) in [5, 5.41) is 7.32. The summed E-state index contributed by atoms with van der Waals surface area (Å²) in [5.74, 6) is 0.811. The van der Waals surface area contributed by atoms with Crippen LogP contribution in [-0.2, 0) is 16.1 Å². The Morgan fingerprint density at radius 3 is 2.77 bits per heavy atom. The molecule has 0 aromatic carbocycles. The summed E-state index contributed by atoms with van der Waals surface area (Å²) in [4.78, 5) is 28.5. The van der Waals surface area contributed by atoms with Crippen molar-refractivity contribution in [2.45, 2.75) is 58.9 Å². The second-order valence-corrected chi connectivity index (χ2v) is 7.13. The van der Waals surface area contributed by atoms with E-state index < -0.39 is 0 Å². The number of hydrogen-bond acceptors (Lipinski definition) is 4. The third-order valence-corrected chi connectivity index (χ3v) is 4.71. The number of carbonyl (C=O) groups excluding carboxylic acids is 2. The fourth-order valence-corrected chi connectivity index (χ4v) is 3.22. The van der Waals surface area contributed by atoms with Crippen molar-refractivity contribution < 1.29 is 9.59 Å². The molecule has 2 amide bonds. The number of hydrogen-bond donors (Lipinski definition) is 1. The highest BCUT2D eigenvalue weighted by Crippen LogP contribution is 2.22. The minimum Gasteiger partial charge on any atom is -0.356 e.